The molecule has 0 aliphatic rings. The number of hydrogen-bond donors (Lipinski definition) is 4. The number of halogens is 6. The molecule has 0 saturated carbocycles. The van der Waals surface area contributed by atoms with Gasteiger partial charge < -0.3 is 21.3 Å². The van der Waals surface area contributed by atoms with E-state index in [1.54, 1.807) is 6.07 Å². The Morgan fingerprint density at radius 1 is 0.579 bits per heavy atom. The number of nitrogens with one attached hydrogen (secondary N) is 4. The second-order valence-corrected chi connectivity index (χ2v) is 7.69. The molecule has 0 unspecified atom stereocenters. The maximum Gasteiger partial charge on any atom is 0.416 e. The Labute approximate surface area is 213 Å². The molecule has 4 N–H and O–H groups in total. The maximum absolute atomic E-state index is 12.8. The van der Waals surface area contributed by atoms with Gasteiger partial charge in [-0.25, -0.2) is 9.59 Å². The smallest absolute Gasteiger partial charge is 0.314 e. The van der Waals surface area contributed by atoms with Crippen molar-refractivity contribution in [1.29, 1.82) is 0 Å². The van der Waals surface area contributed by atoms with Crippen LogP contribution in [0.5, 0.6) is 0 Å². The summed E-state index contributed by atoms with van der Waals surface area (Å²) >= 11 is 0. The van der Waals surface area contributed by atoms with Crippen LogP contribution in [0.25, 0.3) is 12.2 Å². The predicted molar refractivity (Wildman–Crippen MR) is 132 cm³/mol. The van der Waals surface area contributed by atoms with Crippen LogP contribution in [0.15, 0.2) is 85.2 Å². The molecule has 0 aromatic heterocycles. The van der Waals surface area contributed by atoms with Crippen LogP contribution in [0.3, 0.4) is 0 Å². The highest BCUT2D eigenvalue weighted by Gasteiger charge is 2.30. The fourth-order valence-corrected chi connectivity index (χ4v) is 3.07. The lowest BCUT2D eigenvalue weighted by atomic mass is 10.1. The van der Waals surface area contributed by atoms with E-state index in [1.165, 1.54) is 67.0 Å². The number of benzene rings is 3. The highest BCUT2D eigenvalue weighted by Crippen LogP contribution is 2.30. The van der Waals surface area contributed by atoms with Crippen molar-refractivity contribution in [3.05, 3.63) is 107 Å². The fourth-order valence-electron chi connectivity index (χ4n) is 3.07. The van der Waals surface area contributed by atoms with E-state index in [0.717, 1.165) is 24.3 Å². The van der Waals surface area contributed by atoms with Crippen molar-refractivity contribution in [2.75, 3.05) is 10.6 Å². The van der Waals surface area contributed by atoms with Gasteiger partial charge in [-0.3, -0.25) is 0 Å². The fraction of sp³-hybridized carbons (Fsp3) is 0.0769. The monoisotopic (exact) mass is 534 g/mol. The topological polar surface area (TPSA) is 82.3 Å². The molecule has 0 bridgehead atoms. The molecule has 38 heavy (non-hydrogen) atoms. The van der Waals surface area contributed by atoms with Crippen molar-refractivity contribution in [3.63, 3.8) is 0 Å². The van der Waals surface area contributed by atoms with Gasteiger partial charge in [0.15, 0.2) is 0 Å². The van der Waals surface area contributed by atoms with E-state index < -0.39 is 35.5 Å². The number of urea groups is 2. The standard InChI is InChI=1S/C26H20F6N4O2/c27-25(28,29)19-6-1-4-17(14-19)10-12-33-23(37)35-21-8-3-9-22(16-21)36-24(38)34-13-11-18-5-2-7-20(15-18)26(30,31)32/h1-16H,(H2,33,35,37)(H2,34,36,38)/b12-10+,13-11+. The van der Waals surface area contributed by atoms with Crippen LogP contribution in [0.1, 0.15) is 22.3 Å². The summed E-state index contributed by atoms with van der Waals surface area (Å²) in [4.78, 5) is 24.2. The van der Waals surface area contributed by atoms with Gasteiger partial charge in [-0.15, -0.1) is 0 Å². The quantitative estimate of drug-likeness (QED) is 0.250. The first kappa shape index (κ1) is 27.8. The largest absolute Gasteiger partial charge is 0.416 e. The Kier molecular flexibility index (Phi) is 8.79. The van der Waals surface area contributed by atoms with Crippen LogP contribution in [0.2, 0.25) is 0 Å². The molecule has 3 aromatic rings. The Balaban J connectivity index is 1.51. The molecule has 0 aliphatic heterocycles. The minimum atomic E-state index is -4.48. The summed E-state index contributed by atoms with van der Waals surface area (Å²) in [5.41, 5.74) is -0.564. The SMILES string of the molecule is O=C(N/C=C/c1cccc(C(F)(F)F)c1)Nc1cccc(NC(=O)N/C=C/c2cccc(C(F)(F)F)c2)c1. The molecule has 198 valence electrons. The lowest BCUT2D eigenvalue weighted by Crippen LogP contribution is -2.25. The van der Waals surface area contributed by atoms with E-state index in [2.05, 4.69) is 21.3 Å². The van der Waals surface area contributed by atoms with Gasteiger partial charge in [0.2, 0.25) is 0 Å². The van der Waals surface area contributed by atoms with Crippen LogP contribution in [-0.4, -0.2) is 12.1 Å². The van der Waals surface area contributed by atoms with E-state index in [9.17, 15) is 35.9 Å². The molecule has 0 heterocycles. The normalized spacial score (nSPS) is 11.9. The zero-order chi connectivity index (χ0) is 27.8. The molecule has 0 radical (unpaired) electrons. The second-order valence-electron chi connectivity index (χ2n) is 7.69. The van der Waals surface area contributed by atoms with Crippen LogP contribution >= 0.6 is 0 Å². The molecule has 3 rings (SSSR count). The van der Waals surface area contributed by atoms with Gasteiger partial charge in [-0.2, -0.15) is 26.3 Å². The van der Waals surface area contributed by atoms with Crippen molar-refractivity contribution in [2.45, 2.75) is 12.4 Å². The molecule has 0 fully saturated rings. The van der Waals surface area contributed by atoms with E-state index in [1.807, 2.05) is 0 Å². The van der Waals surface area contributed by atoms with Gasteiger partial charge in [0.25, 0.3) is 0 Å². The Morgan fingerprint density at radius 2 is 0.974 bits per heavy atom. The molecule has 0 aliphatic carbocycles. The molecule has 6 nitrogen and oxygen atoms in total. The van der Waals surface area contributed by atoms with Gasteiger partial charge >= 0.3 is 24.4 Å². The van der Waals surface area contributed by atoms with E-state index in [-0.39, 0.29) is 11.1 Å². The zero-order valence-corrected chi connectivity index (χ0v) is 19.3. The number of alkyl halides is 6. The summed E-state index contributed by atoms with van der Waals surface area (Å²) in [5.74, 6) is 0. The minimum absolute atomic E-state index is 0.236. The number of anilines is 2. The molecule has 4 amide bonds. The third-order valence-electron chi connectivity index (χ3n) is 4.79. The average molecular weight is 534 g/mol. The van der Waals surface area contributed by atoms with Crippen molar-refractivity contribution >= 4 is 35.6 Å². The van der Waals surface area contributed by atoms with E-state index in [4.69, 9.17) is 0 Å². The van der Waals surface area contributed by atoms with Gasteiger partial charge in [-0.1, -0.05) is 30.3 Å². The molecule has 0 atom stereocenters. The summed E-state index contributed by atoms with van der Waals surface area (Å²) in [6.45, 7) is 0. The summed E-state index contributed by atoms with van der Waals surface area (Å²) in [6, 6.07) is 13.8. The first-order chi connectivity index (χ1) is 17.9. The minimum Gasteiger partial charge on any atom is -0.314 e. The summed E-state index contributed by atoms with van der Waals surface area (Å²) in [5, 5.41) is 9.73. The van der Waals surface area contributed by atoms with E-state index >= 15 is 0 Å². The van der Waals surface area contributed by atoms with Crippen LogP contribution in [0.4, 0.5) is 47.3 Å². The molecular formula is C26H20F6N4O2. The second kappa shape index (κ2) is 12.0. The average Bonchev–Trinajstić information content (AvgIpc) is 2.83. The highest BCUT2D eigenvalue weighted by molar-refractivity contribution is 5.93. The molecule has 3 aromatic carbocycles. The Hall–Kier alpha value is -4.74. The lowest BCUT2D eigenvalue weighted by Gasteiger charge is -2.09. The lowest BCUT2D eigenvalue weighted by molar-refractivity contribution is -0.138. The van der Waals surface area contributed by atoms with Gasteiger partial charge in [0.05, 0.1) is 11.1 Å². The maximum atomic E-state index is 12.8. The zero-order valence-electron chi connectivity index (χ0n) is 19.3. The molecule has 0 saturated heterocycles. The third kappa shape index (κ3) is 8.73. The summed E-state index contributed by atoms with van der Waals surface area (Å²) in [6.07, 6.45) is -4.02. The van der Waals surface area contributed by atoms with Crippen LogP contribution < -0.4 is 21.3 Å². The number of hydrogen-bond acceptors (Lipinski definition) is 2. The van der Waals surface area contributed by atoms with Gasteiger partial charge in [0.1, 0.15) is 0 Å². The van der Waals surface area contributed by atoms with Gasteiger partial charge in [-0.05, 0) is 65.7 Å². The van der Waals surface area contributed by atoms with Crippen molar-refractivity contribution in [2.24, 2.45) is 0 Å². The molecule has 0 spiro atoms. The summed E-state index contributed by atoms with van der Waals surface area (Å²) in [7, 11) is 0. The van der Waals surface area contributed by atoms with Crippen LogP contribution in [-0.2, 0) is 12.4 Å². The van der Waals surface area contributed by atoms with Crippen molar-refractivity contribution < 1.29 is 35.9 Å². The van der Waals surface area contributed by atoms with E-state index in [0.29, 0.717) is 11.4 Å². The van der Waals surface area contributed by atoms with Gasteiger partial charge in [0, 0.05) is 23.8 Å². The first-order valence-electron chi connectivity index (χ1n) is 10.8. The number of carbonyl (C=O) groups is 2. The number of amides is 4. The Bertz CT molecular complexity index is 1250. The Morgan fingerprint density at radius 3 is 1.37 bits per heavy atom. The molecular weight excluding hydrogens is 514 g/mol. The van der Waals surface area contributed by atoms with Crippen molar-refractivity contribution in [1.82, 2.24) is 10.6 Å². The van der Waals surface area contributed by atoms with Crippen LogP contribution in [0, 0.1) is 0 Å². The summed E-state index contributed by atoms with van der Waals surface area (Å²) < 4.78 is 76.7. The van der Waals surface area contributed by atoms with Crippen molar-refractivity contribution in [3.8, 4) is 0 Å². The third-order valence-corrected chi connectivity index (χ3v) is 4.79. The predicted octanol–water partition coefficient (Wildman–Crippen LogP) is 7.31. The molecule has 12 heteroatoms. The first-order valence-corrected chi connectivity index (χ1v) is 10.8. The number of carbonyl (C=O) groups excluding carboxylic acids is 2. The highest BCUT2D eigenvalue weighted by atomic mass is 19.4. The number of rotatable bonds is 6.